The van der Waals surface area contributed by atoms with Crippen molar-refractivity contribution >= 4 is 33.9 Å². The zero-order valence-corrected chi connectivity index (χ0v) is 48.6. The molecule has 422 valence electrons. The number of carbonyl (C=O) groups is 4. The summed E-state index contributed by atoms with van der Waals surface area (Å²) in [6.45, 7) is 0. The smallest absolute Gasteiger partial charge is 0.163 e. The van der Waals surface area contributed by atoms with Crippen molar-refractivity contribution in [3.05, 3.63) is 226 Å². The van der Waals surface area contributed by atoms with Gasteiger partial charge in [0.25, 0.3) is 0 Å². The van der Waals surface area contributed by atoms with Crippen molar-refractivity contribution in [3.63, 3.8) is 0 Å². The molecule has 0 aliphatic heterocycles. The third kappa shape index (κ3) is 24.9. The van der Waals surface area contributed by atoms with Crippen LogP contribution in [-0.2, 0) is 48.1 Å². The van der Waals surface area contributed by atoms with Crippen molar-refractivity contribution in [1.29, 1.82) is 0 Å². The van der Waals surface area contributed by atoms with Crippen LogP contribution in [0.5, 0.6) is 0 Å². The normalized spacial score (nSPS) is 16.8. The lowest BCUT2D eigenvalue weighted by Crippen LogP contribution is -2.09. The number of benzene rings is 7. The van der Waals surface area contributed by atoms with Gasteiger partial charge in [-0.2, -0.15) is 0 Å². The quantitative estimate of drug-likeness (QED) is 0.152. The maximum absolute atomic E-state index is 11.3. The predicted molar refractivity (Wildman–Crippen MR) is 337 cm³/mol. The van der Waals surface area contributed by atoms with Crippen molar-refractivity contribution in [2.75, 3.05) is 0 Å². The van der Waals surface area contributed by atoms with Gasteiger partial charge in [-0.15, -0.1) is 0 Å². The van der Waals surface area contributed by atoms with Crippen molar-refractivity contribution in [2.45, 2.75) is 205 Å². The summed E-state index contributed by atoms with van der Waals surface area (Å²) in [6.07, 6.45) is 39.5. The first-order valence-electron chi connectivity index (χ1n) is 31.3. The van der Waals surface area contributed by atoms with Gasteiger partial charge in [-0.25, -0.2) is 0 Å². The molecule has 0 heterocycles. The molecule has 80 heavy (non-hydrogen) atoms. The van der Waals surface area contributed by atoms with E-state index in [-0.39, 0.29) is 0 Å². The van der Waals surface area contributed by atoms with E-state index in [9.17, 15) is 19.2 Å². The first-order valence-corrected chi connectivity index (χ1v) is 31.3. The summed E-state index contributed by atoms with van der Waals surface area (Å²) in [7, 11) is 0. The molecule has 0 bridgehead atoms. The number of carbonyl (C=O) groups excluding carboxylic acids is 4. The topological polar surface area (TPSA) is 68.3 Å². The average molecular weight is 1070 g/mol. The fourth-order valence-corrected chi connectivity index (χ4v) is 11.3. The van der Waals surface area contributed by atoms with Gasteiger partial charge in [0.05, 0.1) is 0 Å². The molecule has 7 aromatic carbocycles. The van der Waals surface area contributed by atoms with Crippen LogP contribution in [0.1, 0.15) is 221 Å². The number of aryl methyl sites for hydroxylation is 6. The largest absolute Gasteiger partial charge is 0.300 e. The van der Waals surface area contributed by atoms with Crippen LogP contribution < -0.4 is 0 Å². The maximum atomic E-state index is 11.3. The molecule has 0 saturated heterocycles. The molecular formula is C76H94O4. The van der Waals surface area contributed by atoms with E-state index in [1.165, 1.54) is 144 Å². The van der Waals surface area contributed by atoms with E-state index in [0.29, 0.717) is 29.6 Å². The van der Waals surface area contributed by atoms with Crippen LogP contribution >= 0.6 is 0 Å². The highest BCUT2D eigenvalue weighted by Gasteiger charge is 2.18. The van der Waals surface area contributed by atoms with Crippen molar-refractivity contribution in [2.24, 2.45) is 0 Å². The molecule has 0 spiro atoms. The van der Waals surface area contributed by atoms with Crippen LogP contribution in [-0.4, -0.2) is 23.1 Å². The second-order valence-electron chi connectivity index (χ2n) is 22.3. The van der Waals surface area contributed by atoms with E-state index < -0.39 is 0 Å². The molecule has 0 N–H and O–H groups in total. The van der Waals surface area contributed by atoms with Crippen molar-refractivity contribution in [3.8, 4) is 0 Å². The minimum Gasteiger partial charge on any atom is -0.300 e. The lowest BCUT2D eigenvalue weighted by molar-refractivity contribution is -0.120. The molecule has 0 amide bonds. The number of hydrogen-bond acceptors (Lipinski definition) is 4. The average Bonchev–Trinajstić information content (AvgIpc) is 4.42. The van der Waals surface area contributed by atoms with Gasteiger partial charge in [-0.3, -0.25) is 19.2 Å². The molecule has 0 unspecified atom stereocenters. The summed E-state index contributed by atoms with van der Waals surface area (Å²) in [6, 6.07) is 62.0. The lowest BCUT2D eigenvalue weighted by Gasteiger charge is -2.13. The third-order valence-corrected chi connectivity index (χ3v) is 16.0. The monoisotopic (exact) mass is 1070 g/mol. The molecule has 4 heteroatoms. The van der Waals surface area contributed by atoms with Gasteiger partial charge in [0.1, 0.15) is 11.6 Å². The van der Waals surface area contributed by atoms with Crippen LogP contribution in [0.2, 0.25) is 0 Å². The molecule has 4 fully saturated rings. The van der Waals surface area contributed by atoms with Crippen molar-refractivity contribution < 1.29 is 19.2 Å². The minimum atomic E-state index is 0.301. The second kappa shape index (κ2) is 39.0. The molecule has 8 aliphatic carbocycles. The number of Topliss-reactive ketones (excluding diaryl/α,β-unsaturated/α-hetero) is 4. The summed E-state index contributed by atoms with van der Waals surface area (Å²) in [5.74, 6) is 1.53. The minimum absolute atomic E-state index is 0.301. The van der Waals surface area contributed by atoms with Crippen LogP contribution in [0.3, 0.4) is 0 Å². The molecule has 15 rings (SSSR count). The van der Waals surface area contributed by atoms with E-state index in [1.54, 1.807) is 22.3 Å². The molecule has 0 radical (unpaired) electrons. The number of fused-ring (bicyclic) bond motifs is 5. The molecule has 0 aromatic heterocycles. The Labute approximate surface area is 482 Å². The Bertz CT molecular complexity index is 2660. The van der Waals surface area contributed by atoms with Gasteiger partial charge in [0.2, 0.25) is 0 Å². The number of ketones is 4. The first kappa shape index (κ1) is 62.7. The van der Waals surface area contributed by atoms with Gasteiger partial charge in [0, 0.05) is 49.7 Å². The van der Waals surface area contributed by atoms with E-state index in [0.717, 1.165) is 88.2 Å². The predicted octanol–water partition coefficient (Wildman–Crippen LogP) is 20.2. The highest BCUT2D eigenvalue weighted by atomic mass is 16.1. The summed E-state index contributed by atoms with van der Waals surface area (Å²) in [5, 5.41) is 2.62. The van der Waals surface area contributed by atoms with Crippen LogP contribution in [0.25, 0.3) is 10.8 Å². The van der Waals surface area contributed by atoms with E-state index in [2.05, 4.69) is 97.1 Å². The first-order chi connectivity index (χ1) is 39.4. The maximum Gasteiger partial charge on any atom is 0.163 e. The highest BCUT2D eigenvalue weighted by molar-refractivity contribution is 6.00. The molecule has 8 aliphatic rings. The fourth-order valence-electron chi connectivity index (χ4n) is 11.3. The summed E-state index contributed by atoms with van der Waals surface area (Å²) >= 11 is 0. The zero-order chi connectivity index (χ0) is 55.9. The summed E-state index contributed by atoms with van der Waals surface area (Å²) in [4.78, 5) is 43.1. The standard InChI is InChI=1S/C10H10O.C10H12.C10H8.C9H8O.C9H10.C6H10O.C6H12.C6H6.C5H8O.C5H10/c11-10-7-3-5-8-4-1-2-6-9(8)10;2*1-2-6-10-8-4-3-7-9(10)5-1;10-9-6-5-7-3-1-2-4-8(7)9;1-2-5-9-7-3-6-8(9)4-1;7-6-4-2-1-3-5-6;2*1-2-4-6-5-3-1;6-5-3-1-2-4-5;1-2-4-5-3-1/h1-2,4,6H,3,5,7H2;1-2,5-6H,3-4,7-8H2;1-8H;1-4H,5-6H2;1-2,4-5H,3,6-7H2;1-5H2;1-6H2;1-6H;1-4H2;1-5H2. The van der Waals surface area contributed by atoms with Crippen LogP contribution in [0.15, 0.2) is 182 Å². The van der Waals surface area contributed by atoms with Crippen LogP contribution in [0, 0.1) is 0 Å². The van der Waals surface area contributed by atoms with Gasteiger partial charge in [-0.05, 0) is 134 Å². The Balaban J connectivity index is 0.000000145. The Morgan fingerprint density at radius 2 is 0.412 bits per heavy atom. The Kier molecular flexibility index (Phi) is 30.5. The third-order valence-electron chi connectivity index (χ3n) is 16.0. The summed E-state index contributed by atoms with van der Waals surface area (Å²) < 4.78 is 0. The molecule has 4 saturated carbocycles. The van der Waals surface area contributed by atoms with Gasteiger partial charge >= 0.3 is 0 Å². The molecule has 0 atom stereocenters. The van der Waals surface area contributed by atoms with Gasteiger partial charge < -0.3 is 0 Å². The molecular weight excluding hydrogens is 977 g/mol. The van der Waals surface area contributed by atoms with Crippen molar-refractivity contribution in [1.82, 2.24) is 0 Å². The second-order valence-corrected chi connectivity index (χ2v) is 22.3. The lowest BCUT2D eigenvalue weighted by atomic mass is 9.91. The highest BCUT2D eigenvalue weighted by Crippen LogP contribution is 2.24. The van der Waals surface area contributed by atoms with E-state index in [4.69, 9.17) is 0 Å². The molecule has 7 aromatic rings. The van der Waals surface area contributed by atoms with E-state index >= 15 is 0 Å². The van der Waals surface area contributed by atoms with Crippen LogP contribution in [0.4, 0.5) is 0 Å². The van der Waals surface area contributed by atoms with E-state index in [1.807, 2.05) is 84.9 Å². The Morgan fingerprint density at radius 3 is 0.750 bits per heavy atom. The summed E-state index contributed by atoms with van der Waals surface area (Å²) in [5.41, 5.74) is 10.6. The zero-order valence-electron chi connectivity index (χ0n) is 48.6. The Morgan fingerprint density at radius 1 is 0.175 bits per heavy atom. The fraction of sp³-hybridized carbons (Fsp3) is 0.421. The van der Waals surface area contributed by atoms with Gasteiger partial charge in [-0.1, -0.05) is 259 Å². The SMILES string of the molecule is C1CCCC1.C1CCCCC1.O=C1CCCC1.O=C1CCCCC1.O=C1CCCc2ccccc21.O=C1CCc2ccccc21.c1ccc2c(c1)CCC2.c1ccc2c(c1)CCCC2.c1ccc2ccccc2c1.c1ccccc1. The Hall–Kier alpha value is -6.52. The number of rotatable bonds is 0. The van der Waals surface area contributed by atoms with Gasteiger partial charge in [0.15, 0.2) is 11.6 Å². The number of hydrogen-bond donors (Lipinski definition) is 0. The molecule has 4 nitrogen and oxygen atoms in total.